The highest BCUT2D eigenvalue weighted by atomic mass is 16.6. The Morgan fingerprint density at radius 1 is 1.03 bits per heavy atom. The maximum Gasteiger partial charge on any atom is 0.408 e. The standard InChI is InChI=1S/C25H27NO6/c1-15-16(2)22(27)31-21-14-18(11-12-19(15)21)30-23(28)20(13-17-9-7-6-8-10-17)26-24(29)32-25(3,4)5/h6-12,14,20H,13H2,1-5H3,(H,26,29)/t20-/m0/s1. The van der Waals surface area contributed by atoms with Crippen LogP contribution in [0.1, 0.15) is 37.5 Å². The summed E-state index contributed by atoms with van der Waals surface area (Å²) in [6.45, 7) is 8.75. The van der Waals surface area contributed by atoms with Gasteiger partial charge in [-0.25, -0.2) is 14.4 Å². The van der Waals surface area contributed by atoms with Crippen molar-refractivity contribution in [2.45, 2.75) is 52.7 Å². The fraction of sp³-hybridized carbons (Fsp3) is 0.320. The van der Waals surface area contributed by atoms with Crippen molar-refractivity contribution in [2.24, 2.45) is 0 Å². The SMILES string of the molecule is Cc1c(C)c2ccc(OC(=O)[C@H](Cc3ccccc3)NC(=O)OC(C)(C)C)cc2oc1=O. The summed E-state index contributed by atoms with van der Waals surface area (Å²) in [5.74, 6) is -0.455. The summed E-state index contributed by atoms with van der Waals surface area (Å²) >= 11 is 0. The van der Waals surface area contributed by atoms with Gasteiger partial charge >= 0.3 is 17.7 Å². The molecule has 3 rings (SSSR count). The Kier molecular flexibility index (Phi) is 6.67. The molecule has 0 bridgehead atoms. The highest BCUT2D eigenvalue weighted by Crippen LogP contribution is 2.24. The number of rotatable bonds is 5. The van der Waals surface area contributed by atoms with E-state index in [2.05, 4.69) is 5.32 Å². The first-order valence-electron chi connectivity index (χ1n) is 10.3. The highest BCUT2D eigenvalue weighted by Gasteiger charge is 2.26. The van der Waals surface area contributed by atoms with Crippen LogP contribution in [0.25, 0.3) is 11.0 Å². The number of nitrogens with one attached hydrogen (secondary N) is 1. The van der Waals surface area contributed by atoms with Crippen molar-refractivity contribution in [3.05, 3.63) is 75.6 Å². The predicted octanol–water partition coefficient (Wildman–Crippen LogP) is 4.45. The lowest BCUT2D eigenvalue weighted by Crippen LogP contribution is -2.46. The molecule has 1 atom stereocenters. The molecular weight excluding hydrogens is 410 g/mol. The lowest BCUT2D eigenvalue weighted by molar-refractivity contribution is -0.136. The van der Waals surface area contributed by atoms with Crippen molar-refractivity contribution < 1.29 is 23.5 Å². The topological polar surface area (TPSA) is 94.8 Å². The van der Waals surface area contributed by atoms with Crippen LogP contribution >= 0.6 is 0 Å². The maximum absolute atomic E-state index is 13.0. The molecule has 32 heavy (non-hydrogen) atoms. The van der Waals surface area contributed by atoms with Gasteiger partial charge in [0.25, 0.3) is 0 Å². The van der Waals surface area contributed by atoms with Crippen molar-refractivity contribution in [3.8, 4) is 5.75 Å². The van der Waals surface area contributed by atoms with Gasteiger partial charge in [0, 0.05) is 23.4 Å². The van der Waals surface area contributed by atoms with Crippen LogP contribution in [0.4, 0.5) is 4.79 Å². The summed E-state index contributed by atoms with van der Waals surface area (Å²) in [7, 11) is 0. The van der Waals surface area contributed by atoms with Gasteiger partial charge in [0.2, 0.25) is 0 Å². The number of hydrogen-bond donors (Lipinski definition) is 1. The van der Waals surface area contributed by atoms with E-state index in [1.807, 2.05) is 37.3 Å². The summed E-state index contributed by atoms with van der Waals surface area (Å²) in [5, 5.41) is 3.35. The molecule has 0 aliphatic heterocycles. The number of carbonyl (C=O) groups excluding carboxylic acids is 2. The van der Waals surface area contributed by atoms with Gasteiger partial charge in [-0.2, -0.15) is 0 Å². The van der Waals surface area contributed by atoms with Crippen LogP contribution in [0.2, 0.25) is 0 Å². The smallest absolute Gasteiger partial charge is 0.408 e. The Hall–Kier alpha value is -3.61. The third-order valence-electron chi connectivity index (χ3n) is 4.91. The summed E-state index contributed by atoms with van der Waals surface area (Å²) in [5.41, 5.74) is 1.36. The molecular formula is C25H27NO6. The summed E-state index contributed by atoms with van der Waals surface area (Å²) < 4.78 is 16.2. The summed E-state index contributed by atoms with van der Waals surface area (Å²) in [4.78, 5) is 37.3. The zero-order valence-corrected chi connectivity index (χ0v) is 18.9. The second-order valence-corrected chi connectivity index (χ2v) is 8.61. The molecule has 7 heteroatoms. The molecule has 0 spiro atoms. The number of benzene rings is 2. The van der Waals surface area contributed by atoms with Crippen LogP contribution in [-0.4, -0.2) is 23.7 Å². The molecule has 1 heterocycles. The van der Waals surface area contributed by atoms with Gasteiger partial charge in [0.1, 0.15) is 23.0 Å². The molecule has 1 amide bonds. The van der Waals surface area contributed by atoms with E-state index in [1.165, 1.54) is 6.07 Å². The fourth-order valence-corrected chi connectivity index (χ4v) is 3.17. The molecule has 0 aliphatic rings. The first-order chi connectivity index (χ1) is 15.0. The van der Waals surface area contributed by atoms with Gasteiger partial charge < -0.3 is 19.2 Å². The van der Waals surface area contributed by atoms with Crippen LogP contribution in [0.3, 0.4) is 0 Å². The zero-order chi connectivity index (χ0) is 23.5. The molecule has 2 aromatic carbocycles. The van der Waals surface area contributed by atoms with E-state index in [0.717, 1.165) is 16.5 Å². The van der Waals surface area contributed by atoms with Crippen LogP contribution in [0.5, 0.6) is 5.75 Å². The van der Waals surface area contributed by atoms with E-state index < -0.39 is 29.3 Å². The number of esters is 1. The molecule has 7 nitrogen and oxygen atoms in total. The quantitative estimate of drug-likeness (QED) is 0.360. The van der Waals surface area contributed by atoms with Crippen LogP contribution < -0.4 is 15.7 Å². The second-order valence-electron chi connectivity index (χ2n) is 8.61. The number of alkyl carbamates (subject to hydrolysis) is 1. The average molecular weight is 437 g/mol. The Labute approximate surface area is 186 Å². The lowest BCUT2D eigenvalue weighted by atomic mass is 10.1. The molecule has 3 aromatic rings. The minimum absolute atomic E-state index is 0.206. The minimum Gasteiger partial charge on any atom is -0.444 e. The largest absolute Gasteiger partial charge is 0.444 e. The van der Waals surface area contributed by atoms with Gasteiger partial charge in [-0.05, 0) is 57.9 Å². The first-order valence-corrected chi connectivity index (χ1v) is 10.3. The van der Waals surface area contributed by atoms with Crippen LogP contribution in [0.15, 0.2) is 57.7 Å². The van der Waals surface area contributed by atoms with E-state index in [4.69, 9.17) is 13.9 Å². The Morgan fingerprint density at radius 2 is 1.72 bits per heavy atom. The first kappa shape index (κ1) is 23.1. The number of hydrogen-bond acceptors (Lipinski definition) is 6. The number of carbonyl (C=O) groups is 2. The monoisotopic (exact) mass is 437 g/mol. The van der Waals surface area contributed by atoms with Gasteiger partial charge in [0.05, 0.1) is 0 Å². The van der Waals surface area contributed by atoms with Crippen LogP contribution in [0, 0.1) is 13.8 Å². The van der Waals surface area contributed by atoms with E-state index in [-0.39, 0.29) is 12.2 Å². The van der Waals surface area contributed by atoms with Crippen molar-refractivity contribution in [3.63, 3.8) is 0 Å². The Morgan fingerprint density at radius 3 is 2.38 bits per heavy atom. The highest BCUT2D eigenvalue weighted by molar-refractivity contribution is 5.86. The normalized spacial score (nSPS) is 12.3. The van der Waals surface area contributed by atoms with E-state index in [0.29, 0.717) is 11.1 Å². The molecule has 0 fully saturated rings. The van der Waals surface area contributed by atoms with Crippen molar-refractivity contribution in [1.82, 2.24) is 5.32 Å². The van der Waals surface area contributed by atoms with Crippen molar-refractivity contribution >= 4 is 23.0 Å². The van der Waals surface area contributed by atoms with Gasteiger partial charge in [0.15, 0.2) is 0 Å². The number of fused-ring (bicyclic) bond motifs is 1. The average Bonchev–Trinajstić information content (AvgIpc) is 2.71. The molecule has 0 aliphatic carbocycles. The molecule has 0 unspecified atom stereocenters. The van der Waals surface area contributed by atoms with Gasteiger partial charge in [-0.3, -0.25) is 0 Å². The summed E-state index contributed by atoms with van der Waals surface area (Å²) in [6, 6.07) is 13.1. The fourth-order valence-electron chi connectivity index (χ4n) is 3.17. The lowest BCUT2D eigenvalue weighted by Gasteiger charge is -2.23. The molecule has 1 aromatic heterocycles. The van der Waals surface area contributed by atoms with Crippen molar-refractivity contribution in [1.29, 1.82) is 0 Å². The predicted molar refractivity (Wildman–Crippen MR) is 121 cm³/mol. The number of ether oxygens (including phenoxy) is 2. The molecule has 168 valence electrons. The number of amides is 1. The maximum atomic E-state index is 13.0. The molecule has 0 saturated carbocycles. The second kappa shape index (κ2) is 9.26. The van der Waals surface area contributed by atoms with E-state index in [1.54, 1.807) is 39.8 Å². The molecule has 0 radical (unpaired) electrons. The Balaban J connectivity index is 1.84. The van der Waals surface area contributed by atoms with Gasteiger partial charge in [-0.1, -0.05) is 30.3 Å². The third-order valence-corrected chi connectivity index (χ3v) is 4.91. The molecule has 1 N–H and O–H groups in total. The van der Waals surface area contributed by atoms with E-state index >= 15 is 0 Å². The van der Waals surface area contributed by atoms with E-state index in [9.17, 15) is 14.4 Å². The molecule has 0 saturated heterocycles. The minimum atomic E-state index is -0.977. The summed E-state index contributed by atoms with van der Waals surface area (Å²) in [6.07, 6.45) is -0.495. The van der Waals surface area contributed by atoms with Crippen molar-refractivity contribution in [2.75, 3.05) is 0 Å². The Bertz CT molecular complexity index is 1190. The zero-order valence-electron chi connectivity index (χ0n) is 18.9. The number of aryl methyl sites for hydroxylation is 1. The third kappa shape index (κ3) is 5.75. The van der Waals surface area contributed by atoms with Gasteiger partial charge in [-0.15, -0.1) is 0 Å². The van der Waals surface area contributed by atoms with Crippen LogP contribution in [-0.2, 0) is 16.0 Å².